The number of rotatable bonds is 4. The van der Waals surface area contributed by atoms with Crippen molar-refractivity contribution < 1.29 is 4.42 Å². The summed E-state index contributed by atoms with van der Waals surface area (Å²) < 4.78 is 8.82. The molecule has 0 atom stereocenters. The van der Waals surface area contributed by atoms with E-state index >= 15 is 0 Å². The van der Waals surface area contributed by atoms with E-state index in [1.807, 2.05) is 24.3 Å². The molecule has 10 aromatic rings. The van der Waals surface area contributed by atoms with E-state index in [9.17, 15) is 0 Å². The van der Waals surface area contributed by atoms with Gasteiger partial charge >= 0.3 is 0 Å². The maximum absolute atomic E-state index is 6.49. The van der Waals surface area contributed by atoms with Crippen LogP contribution in [0.15, 0.2) is 168 Å². The molecule has 4 nitrogen and oxygen atoms in total. The average Bonchev–Trinajstić information content (AvgIpc) is 3.71. The molecule has 0 N–H and O–H groups in total. The molecule has 3 heterocycles. The number of para-hydroxylation sites is 3. The molecule has 0 amide bonds. The van der Waals surface area contributed by atoms with Gasteiger partial charge in [-0.3, -0.25) is 0 Å². The molecule has 48 heavy (non-hydrogen) atoms. The van der Waals surface area contributed by atoms with Crippen molar-refractivity contribution in [2.75, 3.05) is 0 Å². The van der Waals surface area contributed by atoms with Gasteiger partial charge in [-0.2, -0.15) is 0 Å². The summed E-state index contributed by atoms with van der Waals surface area (Å²) in [5, 5.41) is 5.61. The van der Waals surface area contributed by atoms with Crippen LogP contribution in [-0.4, -0.2) is 14.5 Å². The Morgan fingerprint density at radius 2 is 1.06 bits per heavy atom. The molecule has 4 heteroatoms. The first-order valence-electron chi connectivity index (χ1n) is 16.2. The van der Waals surface area contributed by atoms with Gasteiger partial charge in [-0.15, -0.1) is 0 Å². The molecule has 0 aliphatic carbocycles. The Hall–Kier alpha value is -6.52. The van der Waals surface area contributed by atoms with Crippen LogP contribution in [0.1, 0.15) is 0 Å². The second-order valence-corrected chi connectivity index (χ2v) is 12.2. The number of hydrogen-bond acceptors (Lipinski definition) is 3. The van der Waals surface area contributed by atoms with Crippen molar-refractivity contribution in [2.45, 2.75) is 0 Å². The molecule has 10 rings (SSSR count). The van der Waals surface area contributed by atoms with Gasteiger partial charge in [0.05, 0.1) is 27.6 Å². The molecule has 0 radical (unpaired) electrons. The van der Waals surface area contributed by atoms with Gasteiger partial charge in [0.2, 0.25) is 0 Å². The maximum Gasteiger partial charge on any atom is 0.160 e. The standard InChI is InChI=1S/C44H27N3O/c1-2-10-28(11-3-1)29-18-20-31(21-19-29)44-45-37-15-7-4-13-35(37)42(46-44)30-22-24-32(25-23-30)47-38-16-8-5-14-36(38)41-39(47)27-26-34-33-12-6-9-17-40(33)48-43(34)41/h1-27H. The maximum atomic E-state index is 6.49. The van der Waals surface area contributed by atoms with Crippen LogP contribution in [0.4, 0.5) is 0 Å². The largest absolute Gasteiger partial charge is 0.455 e. The van der Waals surface area contributed by atoms with E-state index in [2.05, 4.69) is 144 Å². The van der Waals surface area contributed by atoms with Crippen molar-refractivity contribution >= 4 is 54.6 Å². The third kappa shape index (κ3) is 4.10. The number of hydrogen-bond donors (Lipinski definition) is 0. The van der Waals surface area contributed by atoms with E-state index in [1.54, 1.807) is 0 Å². The minimum Gasteiger partial charge on any atom is -0.455 e. The molecule has 0 fully saturated rings. The zero-order valence-corrected chi connectivity index (χ0v) is 25.8. The van der Waals surface area contributed by atoms with Crippen molar-refractivity contribution in [3.63, 3.8) is 0 Å². The highest BCUT2D eigenvalue weighted by Crippen LogP contribution is 2.41. The van der Waals surface area contributed by atoms with Gasteiger partial charge in [-0.05, 0) is 53.6 Å². The third-order valence-corrected chi connectivity index (χ3v) is 9.43. The van der Waals surface area contributed by atoms with Gasteiger partial charge in [0.15, 0.2) is 5.82 Å². The number of nitrogens with zero attached hydrogens (tertiary/aromatic N) is 3. The zero-order valence-electron chi connectivity index (χ0n) is 25.8. The monoisotopic (exact) mass is 613 g/mol. The van der Waals surface area contributed by atoms with Crippen molar-refractivity contribution in [1.82, 2.24) is 14.5 Å². The van der Waals surface area contributed by atoms with E-state index in [0.717, 1.165) is 71.8 Å². The molecule has 7 aromatic carbocycles. The first kappa shape index (κ1) is 26.7. The summed E-state index contributed by atoms with van der Waals surface area (Å²) in [6, 6.07) is 57.2. The number of fused-ring (bicyclic) bond motifs is 8. The minimum atomic E-state index is 0.713. The highest BCUT2D eigenvalue weighted by molar-refractivity contribution is 6.23. The zero-order chi connectivity index (χ0) is 31.6. The second kappa shape index (κ2) is 10.5. The van der Waals surface area contributed by atoms with Gasteiger partial charge in [-0.1, -0.05) is 121 Å². The number of aromatic nitrogens is 3. The highest BCUT2D eigenvalue weighted by atomic mass is 16.3. The van der Waals surface area contributed by atoms with Crippen molar-refractivity contribution in [1.29, 1.82) is 0 Å². The summed E-state index contributed by atoms with van der Waals surface area (Å²) in [5.41, 5.74) is 11.4. The van der Waals surface area contributed by atoms with E-state index in [1.165, 1.54) is 16.5 Å². The fourth-order valence-corrected chi connectivity index (χ4v) is 7.15. The van der Waals surface area contributed by atoms with E-state index in [-0.39, 0.29) is 0 Å². The SMILES string of the molecule is c1ccc(-c2ccc(-c3nc(-c4ccc(-n5c6ccccc6c6c7oc8ccccc8c7ccc65)cc4)c4ccccc4n3)cc2)cc1. The third-order valence-electron chi connectivity index (χ3n) is 9.43. The summed E-state index contributed by atoms with van der Waals surface area (Å²) in [6.45, 7) is 0. The Kier molecular flexibility index (Phi) is 5.84. The smallest absolute Gasteiger partial charge is 0.160 e. The molecular weight excluding hydrogens is 587 g/mol. The first-order valence-corrected chi connectivity index (χ1v) is 16.2. The lowest BCUT2D eigenvalue weighted by Crippen LogP contribution is -1.97. The molecule has 3 aromatic heterocycles. The average molecular weight is 614 g/mol. The lowest BCUT2D eigenvalue weighted by atomic mass is 10.0. The fourth-order valence-electron chi connectivity index (χ4n) is 7.15. The molecule has 0 spiro atoms. The summed E-state index contributed by atoms with van der Waals surface area (Å²) in [4.78, 5) is 10.1. The minimum absolute atomic E-state index is 0.713. The summed E-state index contributed by atoms with van der Waals surface area (Å²) in [7, 11) is 0. The van der Waals surface area contributed by atoms with Crippen molar-refractivity contribution in [3.05, 3.63) is 164 Å². The van der Waals surface area contributed by atoms with Gasteiger partial charge in [0.25, 0.3) is 0 Å². The molecule has 0 bridgehead atoms. The second-order valence-electron chi connectivity index (χ2n) is 12.2. The van der Waals surface area contributed by atoms with Crippen molar-refractivity contribution in [3.8, 4) is 39.5 Å². The lowest BCUT2D eigenvalue weighted by Gasteiger charge is -2.12. The topological polar surface area (TPSA) is 43.9 Å². The normalized spacial score (nSPS) is 11.8. The van der Waals surface area contributed by atoms with Crippen LogP contribution in [0.3, 0.4) is 0 Å². The lowest BCUT2D eigenvalue weighted by molar-refractivity contribution is 0.673. The molecular formula is C44H27N3O. The van der Waals surface area contributed by atoms with Crippen LogP contribution in [0.25, 0.3) is 94.1 Å². The quantitative estimate of drug-likeness (QED) is 0.198. The Bertz CT molecular complexity index is 2810. The molecule has 0 unspecified atom stereocenters. The van der Waals surface area contributed by atoms with Crippen LogP contribution in [0.5, 0.6) is 0 Å². The fraction of sp³-hybridized carbons (Fsp3) is 0. The van der Waals surface area contributed by atoms with Gasteiger partial charge in [0, 0.05) is 38.4 Å². The van der Waals surface area contributed by atoms with E-state index in [0.29, 0.717) is 5.82 Å². The summed E-state index contributed by atoms with van der Waals surface area (Å²) in [6.07, 6.45) is 0. The van der Waals surface area contributed by atoms with Crippen LogP contribution in [-0.2, 0) is 0 Å². The van der Waals surface area contributed by atoms with Gasteiger partial charge < -0.3 is 8.98 Å². The van der Waals surface area contributed by atoms with Gasteiger partial charge in [0.1, 0.15) is 11.2 Å². The Labute approximate surface area is 276 Å². The van der Waals surface area contributed by atoms with Crippen molar-refractivity contribution in [2.24, 2.45) is 0 Å². The van der Waals surface area contributed by atoms with E-state index in [4.69, 9.17) is 14.4 Å². The predicted molar refractivity (Wildman–Crippen MR) is 197 cm³/mol. The Morgan fingerprint density at radius 1 is 0.417 bits per heavy atom. The Balaban J connectivity index is 1.10. The molecule has 0 aliphatic heterocycles. The number of furan rings is 1. The van der Waals surface area contributed by atoms with Crippen LogP contribution in [0.2, 0.25) is 0 Å². The predicted octanol–water partition coefficient (Wildman–Crippen LogP) is 11.6. The molecule has 0 saturated heterocycles. The number of benzene rings is 7. The molecule has 0 aliphatic rings. The highest BCUT2D eigenvalue weighted by Gasteiger charge is 2.19. The Morgan fingerprint density at radius 3 is 1.90 bits per heavy atom. The first-order chi connectivity index (χ1) is 23.8. The van der Waals surface area contributed by atoms with E-state index < -0.39 is 0 Å². The summed E-state index contributed by atoms with van der Waals surface area (Å²) >= 11 is 0. The molecule has 0 saturated carbocycles. The molecule has 224 valence electrons. The van der Waals surface area contributed by atoms with Crippen LogP contribution < -0.4 is 0 Å². The van der Waals surface area contributed by atoms with Crippen LogP contribution >= 0.6 is 0 Å². The van der Waals surface area contributed by atoms with Crippen LogP contribution in [0, 0.1) is 0 Å². The van der Waals surface area contributed by atoms with Gasteiger partial charge in [-0.25, -0.2) is 9.97 Å². The summed E-state index contributed by atoms with van der Waals surface area (Å²) in [5.74, 6) is 0.713.